The molecule has 1 heterocycles. The topological polar surface area (TPSA) is 0 Å². The Morgan fingerprint density at radius 2 is 2.09 bits per heavy atom. The first-order valence-corrected chi connectivity index (χ1v) is 5.11. The Morgan fingerprint density at radius 3 is 2.55 bits per heavy atom. The molecular formula is C10H16S. The van der Waals surface area contributed by atoms with Gasteiger partial charge in [-0.1, -0.05) is 13.3 Å². The van der Waals surface area contributed by atoms with E-state index in [1.165, 1.54) is 29.0 Å². The lowest BCUT2D eigenvalue weighted by molar-refractivity contribution is 0.794. The number of hydrogen-bond acceptors (Lipinski definition) is 1. The van der Waals surface area contributed by atoms with Gasteiger partial charge in [0, 0.05) is 9.75 Å². The van der Waals surface area contributed by atoms with E-state index in [-0.39, 0.29) is 0 Å². The van der Waals surface area contributed by atoms with Crippen LogP contribution in [0.2, 0.25) is 0 Å². The minimum absolute atomic E-state index is 1.27. The van der Waals surface area contributed by atoms with Crippen molar-refractivity contribution in [3.8, 4) is 0 Å². The van der Waals surface area contributed by atoms with Crippen molar-refractivity contribution >= 4 is 11.3 Å². The fourth-order valence-corrected chi connectivity index (χ4v) is 2.28. The van der Waals surface area contributed by atoms with E-state index >= 15 is 0 Å². The van der Waals surface area contributed by atoms with Crippen molar-refractivity contribution in [3.05, 3.63) is 21.4 Å². The maximum absolute atomic E-state index is 2.33. The minimum Gasteiger partial charge on any atom is -0.146 e. The molecule has 1 rings (SSSR count). The normalized spacial score (nSPS) is 10.5. The van der Waals surface area contributed by atoms with Crippen molar-refractivity contribution < 1.29 is 0 Å². The molecule has 0 atom stereocenters. The van der Waals surface area contributed by atoms with Crippen LogP contribution >= 0.6 is 11.3 Å². The smallest absolute Gasteiger partial charge is 0.00490 e. The van der Waals surface area contributed by atoms with Crippen molar-refractivity contribution in [2.75, 3.05) is 0 Å². The van der Waals surface area contributed by atoms with E-state index in [1.54, 1.807) is 5.56 Å². The van der Waals surface area contributed by atoms with Gasteiger partial charge in [-0.25, -0.2) is 0 Å². The van der Waals surface area contributed by atoms with Crippen LogP contribution in [-0.2, 0) is 6.42 Å². The van der Waals surface area contributed by atoms with Crippen molar-refractivity contribution in [2.45, 2.75) is 40.0 Å². The van der Waals surface area contributed by atoms with Crippen LogP contribution in [0.25, 0.3) is 0 Å². The molecule has 62 valence electrons. The molecule has 0 aromatic carbocycles. The zero-order valence-electron chi connectivity index (χ0n) is 7.61. The Morgan fingerprint density at radius 1 is 1.36 bits per heavy atom. The zero-order valence-corrected chi connectivity index (χ0v) is 8.42. The van der Waals surface area contributed by atoms with Gasteiger partial charge in [0.2, 0.25) is 0 Å². The van der Waals surface area contributed by atoms with Crippen LogP contribution in [-0.4, -0.2) is 0 Å². The summed E-state index contributed by atoms with van der Waals surface area (Å²) in [5.74, 6) is 0. The zero-order chi connectivity index (χ0) is 8.27. The standard InChI is InChI=1S/C10H16S/c1-4-5-6-10-7-8(2)11-9(10)3/h7H,4-6H2,1-3H3. The summed E-state index contributed by atoms with van der Waals surface area (Å²) < 4.78 is 0. The Labute approximate surface area is 73.3 Å². The van der Waals surface area contributed by atoms with Crippen LogP contribution in [0.15, 0.2) is 6.07 Å². The van der Waals surface area contributed by atoms with Crippen LogP contribution in [0.4, 0.5) is 0 Å². The maximum atomic E-state index is 2.33. The summed E-state index contributed by atoms with van der Waals surface area (Å²) in [6, 6.07) is 2.33. The van der Waals surface area contributed by atoms with Gasteiger partial charge in [0.15, 0.2) is 0 Å². The quantitative estimate of drug-likeness (QED) is 0.645. The Hall–Kier alpha value is -0.300. The lowest BCUT2D eigenvalue weighted by Gasteiger charge is -1.95. The molecule has 0 saturated heterocycles. The second kappa shape index (κ2) is 3.91. The monoisotopic (exact) mass is 168 g/mol. The number of rotatable bonds is 3. The van der Waals surface area contributed by atoms with E-state index in [0.29, 0.717) is 0 Å². The van der Waals surface area contributed by atoms with Gasteiger partial charge in [-0.05, 0) is 38.3 Å². The molecule has 1 heteroatoms. The van der Waals surface area contributed by atoms with E-state index in [2.05, 4.69) is 26.8 Å². The van der Waals surface area contributed by atoms with E-state index in [9.17, 15) is 0 Å². The van der Waals surface area contributed by atoms with Crippen molar-refractivity contribution in [2.24, 2.45) is 0 Å². The maximum Gasteiger partial charge on any atom is 0.00490 e. The number of aryl methyl sites for hydroxylation is 3. The summed E-state index contributed by atoms with van der Waals surface area (Å²) in [4.78, 5) is 2.96. The second-order valence-corrected chi connectivity index (χ2v) is 4.50. The van der Waals surface area contributed by atoms with Crippen molar-refractivity contribution in [1.29, 1.82) is 0 Å². The van der Waals surface area contributed by atoms with Gasteiger partial charge in [-0.15, -0.1) is 11.3 Å². The highest BCUT2D eigenvalue weighted by molar-refractivity contribution is 7.12. The third-order valence-corrected chi connectivity index (χ3v) is 2.95. The SMILES string of the molecule is CCCCc1cc(C)sc1C. The van der Waals surface area contributed by atoms with Gasteiger partial charge < -0.3 is 0 Å². The fraction of sp³-hybridized carbons (Fsp3) is 0.600. The molecule has 0 unspecified atom stereocenters. The number of thiophene rings is 1. The van der Waals surface area contributed by atoms with E-state index in [4.69, 9.17) is 0 Å². The first-order chi connectivity index (χ1) is 5.24. The summed E-state index contributed by atoms with van der Waals surface area (Å²) in [5.41, 5.74) is 1.56. The highest BCUT2D eigenvalue weighted by Gasteiger charge is 2.00. The molecule has 0 saturated carbocycles. The second-order valence-electron chi connectivity index (χ2n) is 3.04. The first-order valence-electron chi connectivity index (χ1n) is 4.30. The number of hydrogen-bond donors (Lipinski definition) is 0. The molecular weight excluding hydrogens is 152 g/mol. The lowest BCUT2D eigenvalue weighted by Crippen LogP contribution is -1.82. The fourth-order valence-electron chi connectivity index (χ4n) is 1.30. The highest BCUT2D eigenvalue weighted by atomic mass is 32.1. The van der Waals surface area contributed by atoms with Gasteiger partial charge >= 0.3 is 0 Å². The van der Waals surface area contributed by atoms with Crippen molar-refractivity contribution in [3.63, 3.8) is 0 Å². The highest BCUT2D eigenvalue weighted by Crippen LogP contribution is 2.21. The average Bonchev–Trinajstić information content (AvgIpc) is 2.26. The molecule has 0 nitrogen and oxygen atoms in total. The van der Waals surface area contributed by atoms with Crippen LogP contribution < -0.4 is 0 Å². The Kier molecular flexibility index (Phi) is 3.13. The van der Waals surface area contributed by atoms with Gasteiger partial charge in [0.05, 0.1) is 0 Å². The Balaban J connectivity index is 2.62. The summed E-state index contributed by atoms with van der Waals surface area (Å²) in [7, 11) is 0. The van der Waals surface area contributed by atoms with E-state index in [1.807, 2.05) is 11.3 Å². The van der Waals surface area contributed by atoms with Crippen LogP contribution in [0.1, 0.15) is 35.1 Å². The molecule has 0 radical (unpaired) electrons. The summed E-state index contributed by atoms with van der Waals surface area (Å²) in [5, 5.41) is 0. The van der Waals surface area contributed by atoms with Gasteiger partial charge in [0.25, 0.3) is 0 Å². The Bertz CT molecular complexity index is 223. The molecule has 0 spiro atoms. The lowest BCUT2D eigenvalue weighted by atomic mass is 10.1. The molecule has 1 aromatic heterocycles. The van der Waals surface area contributed by atoms with Crippen molar-refractivity contribution in [1.82, 2.24) is 0 Å². The molecule has 11 heavy (non-hydrogen) atoms. The third kappa shape index (κ3) is 2.33. The molecule has 0 aliphatic carbocycles. The summed E-state index contributed by atoms with van der Waals surface area (Å²) in [6.07, 6.45) is 3.90. The molecule has 0 bridgehead atoms. The predicted molar refractivity (Wildman–Crippen MR) is 52.4 cm³/mol. The van der Waals surface area contributed by atoms with E-state index in [0.717, 1.165) is 0 Å². The average molecular weight is 168 g/mol. The molecule has 0 aliphatic heterocycles. The van der Waals surface area contributed by atoms with Gasteiger partial charge in [-0.3, -0.25) is 0 Å². The predicted octanol–water partition coefficient (Wildman–Crippen LogP) is 3.71. The van der Waals surface area contributed by atoms with Crippen LogP contribution in [0.5, 0.6) is 0 Å². The molecule has 0 amide bonds. The number of unbranched alkanes of at least 4 members (excludes halogenated alkanes) is 1. The molecule has 1 aromatic rings. The third-order valence-electron chi connectivity index (χ3n) is 1.94. The summed E-state index contributed by atoms with van der Waals surface area (Å²) >= 11 is 1.92. The van der Waals surface area contributed by atoms with E-state index < -0.39 is 0 Å². The van der Waals surface area contributed by atoms with Gasteiger partial charge in [-0.2, -0.15) is 0 Å². The molecule has 0 fully saturated rings. The van der Waals surface area contributed by atoms with Crippen LogP contribution in [0.3, 0.4) is 0 Å². The first kappa shape index (κ1) is 8.79. The molecule has 0 N–H and O–H groups in total. The minimum atomic E-state index is 1.27. The summed E-state index contributed by atoms with van der Waals surface area (Å²) in [6.45, 7) is 6.66. The largest absolute Gasteiger partial charge is 0.146 e. The molecule has 0 aliphatic rings. The van der Waals surface area contributed by atoms with Gasteiger partial charge in [0.1, 0.15) is 0 Å². The van der Waals surface area contributed by atoms with Crippen LogP contribution in [0, 0.1) is 13.8 Å².